The molecule has 7 nitrogen and oxygen atoms in total. The molecule has 1 amide bonds. The Hall–Kier alpha value is -1.09. The number of nitrogens with one attached hydrogen (secondary N) is 1. The van der Waals surface area contributed by atoms with Crippen LogP contribution in [-0.4, -0.2) is 47.8 Å². The van der Waals surface area contributed by atoms with E-state index in [1.54, 1.807) is 0 Å². The number of hydrogen-bond acceptors (Lipinski definition) is 7. The van der Waals surface area contributed by atoms with Gasteiger partial charge in [-0.2, -0.15) is 0 Å². The fourth-order valence-electron chi connectivity index (χ4n) is 3.23. The van der Waals surface area contributed by atoms with Crippen molar-refractivity contribution >= 4 is 27.5 Å². The molecule has 1 aliphatic heterocycles. The first kappa shape index (κ1) is 17.7. The maximum atomic E-state index is 12.0. The Morgan fingerprint density at radius 1 is 1.25 bits per heavy atom. The van der Waals surface area contributed by atoms with E-state index in [1.807, 2.05) is 0 Å². The van der Waals surface area contributed by atoms with Gasteiger partial charge in [0.05, 0.1) is 23.2 Å². The Kier molecular flexibility index (Phi) is 5.49. The predicted octanol–water partition coefficient (Wildman–Crippen LogP) is 1.76. The zero-order valence-electron chi connectivity index (χ0n) is 13.7. The van der Waals surface area contributed by atoms with Crippen molar-refractivity contribution in [2.75, 3.05) is 17.3 Å². The van der Waals surface area contributed by atoms with Crippen molar-refractivity contribution in [1.29, 1.82) is 0 Å². The molecule has 2 fully saturated rings. The highest BCUT2D eigenvalue weighted by Crippen LogP contribution is 2.29. The molecule has 0 unspecified atom stereocenters. The summed E-state index contributed by atoms with van der Waals surface area (Å²) >= 11 is 1.20. The van der Waals surface area contributed by atoms with Gasteiger partial charge >= 0.3 is 0 Å². The Balaban J connectivity index is 1.44. The van der Waals surface area contributed by atoms with E-state index in [0.29, 0.717) is 17.5 Å². The van der Waals surface area contributed by atoms with Crippen molar-refractivity contribution in [3.8, 4) is 0 Å². The summed E-state index contributed by atoms with van der Waals surface area (Å²) in [7, 11) is -2.98. The fraction of sp³-hybridized carbons (Fsp3) is 0.800. The maximum absolute atomic E-state index is 12.0. The highest BCUT2D eigenvalue weighted by Gasteiger charge is 2.32. The molecule has 0 spiro atoms. The van der Waals surface area contributed by atoms with Gasteiger partial charge < -0.3 is 9.73 Å². The Bertz CT molecular complexity index is 681. The van der Waals surface area contributed by atoms with Crippen LogP contribution < -0.4 is 5.32 Å². The molecule has 1 aliphatic carbocycles. The van der Waals surface area contributed by atoms with Crippen LogP contribution in [0.2, 0.25) is 0 Å². The average Bonchev–Trinajstić information content (AvgIpc) is 3.14. The molecular formula is C15H23N3O4S2. The van der Waals surface area contributed by atoms with Crippen LogP contribution in [0.1, 0.15) is 50.8 Å². The fourth-order valence-corrected chi connectivity index (χ4v) is 5.55. The molecule has 1 saturated heterocycles. The van der Waals surface area contributed by atoms with Crippen LogP contribution in [0.5, 0.6) is 0 Å². The van der Waals surface area contributed by atoms with Crippen molar-refractivity contribution in [3.63, 3.8) is 0 Å². The SMILES string of the molecule is CC1CCC(NC(=O)CSc2nnc([C@H]3CCS(=O)(=O)C3)o2)CC1. The van der Waals surface area contributed by atoms with Crippen LogP contribution in [0.25, 0.3) is 0 Å². The minimum Gasteiger partial charge on any atom is -0.416 e. The van der Waals surface area contributed by atoms with Crippen LogP contribution in [0, 0.1) is 5.92 Å². The molecule has 1 N–H and O–H groups in total. The van der Waals surface area contributed by atoms with E-state index < -0.39 is 9.84 Å². The smallest absolute Gasteiger partial charge is 0.277 e. The molecule has 3 rings (SSSR count). The zero-order valence-corrected chi connectivity index (χ0v) is 15.4. The molecule has 9 heteroatoms. The first-order chi connectivity index (χ1) is 11.4. The molecule has 24 heavy (non-hydrogen) atoms. The Morgan fingerprint density at radius 2 is 2.00 bits per heavy atom. The average molecular weight is 374 g/mol. The van der Waals surface area contributed by atoms with Gasteiger partial charge in [0.25, 0.3) is 5.22 Å². The summed E-state index contributed by atoms with van der Waals surface area (Å²) in [6, 6.07) is 0.274. The van der Waals surface area contributed by atoms with Crippen molar-refractivity contribution in [2.24, 2.45) is 5.92 Å². The van der Waals surface area contributed by atoms with Crippen molar-refractivity contribution in [2.45, 2.75) is 56.2 Å². The van der Waals surface area contributed by atoms with Gasteiger partial charge in [-0.05, 0) is 38.0 Å². The van der Waals surface area contributed by atoms with E-state index in [2.05, 4.69) is 22.4 Å². The third-order valence-corrected chi connectivity index (χ3v) is 7.30. The van der Waals surface area contributed by atoms with Gasteiger partial charge in [0.2, 0.25) is 11.8 Å². The van der Waals surface area contributed by atoms with E-state index in [-0.39, 0.29) is 35.1 Å². The van der Waals surface area contributed by atoms with Gasteiger partial charge in [0.15, 0.2) is 9.84 Å². The maximum Gasteiger partial charge on any atom is 0.277 e. The number of thioether (sulfide) groups is 1. The molecule has 1 aromatic rings. The topological polar surface area (TPSA) is 102 Å². The third kappa shape index (κ3) is 4.72. The van der Waals surface area contributed by atoms with Crippen LogP contribution >= 0.6 is 11.8 Å². The number of sulfone groups is 1. The molecule has 1 aromatic heterocycles. The number of carbonyl (C=O) groups excluding carboxylic acids is 1. The second-order valence-electron chi connectivity index (χ2n) is 6.82. The summed E-state index contributed by atoms with van der Waals surface area (Å²) in [4.78, 5) is 12.0. The van der Waals surface area contributed by atoms with Crippen LogP contribution in [0.4, 0.5) is 0 Å². The zero-order chi connectivity index (χ0) is 17.2. The second-order valence-corrected chi connectivity index (χ2v) is 9.97. The molecule has 1 saturated carbocycles. The molecule has 134 valence electrons. The lowest BCUT2D eigenvalue weighted by atomic mass is 9.87. The normalized spacial score (nSPS) is 29.5. The van der Waals surface area contributed by atoms with Crippen molar-refractivity contribution in [1.82, 2.24) is 15.5 Å². The van der Waals surface area contributed by atoms with Gasteiger partial charge in [-0.3, -0.25) is 4.79 Å². The lowest BCUT2D eigenvalue weighted by Gasteiger charge is -2.26. The largest absolute Gasteiger partial charge is 0.416 e. The molecule has 1 atom stereocenters. The highest BCUT2D eigenvalue weighted by molar-refractivity contribution is 7.99. The Labute approximate surface area is 146 Å². The van der Waals surface area contributed by atoms with E-state index in [0.717, 1.165) is 31.6 Å². The first-order valence-corrected chi connectivity index (χ1v) is 11.2. The molecule has 0 aromatic carbocycles. The van der Waals surface area contributed by atoms with E-state index >= 15 is 0 Å². The lowest BCUT2D eigenvalue weighted by molar-refractivity contribution is -0.119. The standard InChI is InChI=1S/C15H23N3O4S2/c1-10-2-4-12(5-3-10)16-13(19)8-23-15-18-17-14(22-15)11-6-7-24(20,21)9-11/h10-12H,2-9H2,1H3,(H,16,19)/t10?,11-,12?/m0/s1. The number of aromatic nitrogens is 2. The molecule has 0 bridgehead atoms. The minimum absolute atomic E-state index is 0.0252. The number of amides is 1. The number of rotatable bonds is 5. The van der Waals surface area contributed by atoms with Gasteiger partial charge in [0.1, 0.15) is 0 Å². The summed E-state index contributed by atoms with van der Waals surface area (Å²) in [5.74, 6) is 1.35. The monoisotopic (exact) mass is 373 g/mol. The molecule has 0 radical (unpaired) electrons. The van der Waals surface area contributed by atoms with Crippen molar-refractivity contribution < 1.29 is 17.6 Å². The number of hydrogen-bond donors (Lipinski definition) is 1. The van der Waals surface area contributed by atoms with E-state index in [1.165, 1.54) is 11.8 Å². The number of carbonyl (C=O) groups is 1. The highest BCUT2D eigenvalue weighted by atomic mass is 32.2. The van der Waals surface area contributed by atoms with Crippen LogP contribution in [0.3, 0.4) is 0 Å². The van der Waals surface area contributed by atoms with Gasteiger partial charge in [-0.25, -0.2) is 8.42 Å². The minimum atomic E-state index is -2.98. The first-order valence-electron chi connectivity index (χ1n) is 8.37. The Morgan fingerprint density at radius 3 is 2.67 bits per heavy atom. The van der Waals surface area contributed by atoms with E-state index in [4.69, 9.17) is 4.42 Å². The second kappa shape index (κ2) is 7.43. The van der Waals surface area contributed by atoms with Crippen LogP contribution in [0.15, 0.2) is 9.64 Å². The number of nitrogens with zero attached hydrogens (tertiary/aromatic N) is 2. The quantitative estimate of drug-likeness (QED) is 0.785. The summed E-state index contributed by atoms with van der Waals surface area (Å²) < 4.78 is 28.5. The summed E-state index contributed by atoms with van der Waals surface area (Å²) in [6.07, 6.45) is 4.93. The van der Waals surface area contributed by atoms with Gasteiger partial charge in [0, 0.05) is 6.04 Å². The lowest BCUT2D eigenvalue weighted by Crippen LogP contribution is -2.38. The molecular weight excluding hydrogens is 350 g/mol. The van der Waals surface area contributed by atoms with E-state index in [9.17, 15) is 13.2 Å². The van der Waals surface area contributed by atoms with Crippen molar-refractivity contribution in [3.05, 3.63) is 5.89 Å². The van der Waals surface area contributed by atoms with Gasteiger partial charge in [-0.1, -0.05) is 18.7 Å². The predicted molar refractivity (Wildman–Crippen MR) is 90.6 cm³/mol. The summed E-state index contributed by atoms with van der Waals surface area (Å²) in [5, 5.41) is 11.2. The molecule has 2 heterocycles. The molecule has 2 aliphatic rings. The van der Waals surface area contributed by atoms with Gasteiger partial charge in [-0.15, -0.1) is 10.2 Å². The summed E-state index contributed by atoms with van der Waals surface area (Å²) in [5.41, 5.74) is 0. The summed E-state index contributed by atoms with van der Waals surface area (Å²) in [6.45, 7) is 2.25. The van der Waals surface area contributed by atoms with Crippen LogP contribution in [-0.2, 0) is 14.6 Å². The third-order valence-electron chi connectivity index (χ3n) is 4.71.